The van der Waals surface area contributed by atoms with Crippen molar-refractivity contribution in [2.75, 3.05) is 0 Å². The summed E-state index contributed by atoms with van der Waals surface area (Å²) in [5.41, 5.74) is -0.288. The molecule has 2 aromatic carbocycles. The Labute approximate surface area is 159 Å². The fourth-order valence-electron chi connectivity index (χ4n) is 4.88. The summed E-state index contributed by atoms with van der Waals surface area (Å²) in [4.78, 5) is 0. The normalized spacial score (nSPS) is 19.3. The molecule has 1 nitrogen and oxygen atoms in total. The summed E-state index contributed by atoms with van der Waals surface area (Å²) in [6.45, 7) is 6.97. The molecule has 138 valence electrons. The molecule has 0 bridgehead atoms. The first kappa shape index (κ1) is 19.1. The third-order valence-corrected chi connectivity index (χ3v) is 12.2. The summed E-state index contributed by atoms with van der Waals surface area (Å²) >= 11 is 0. The van der Waals surface area contributed by atoms with E-state index < -0.39 is 8.07 Å². The standard InChI is InChI=1S/C24H32OSi/c1-24(2,3)26(21-15-9-5-10-16-21,22-17-11-6-12-18-22)23(25)19-20-13-7-4-8-14-20/h4-7,9-12,15-18,20,23,25H,8,13-14,19H2,1-3H3. The quantitative estimate of drug-likeness (QED) is 0.602. The van der Waals surface area contributed by atoms with Gasteiger partial charge in [0.1, 0.15) is 0 Å². The Balaban J connectivity index is 2.12. The molecule has 1 aliphatic carbocycles. The number of hydrogen-bond donors (Lipinski definition) is 1. The average molecular weight is 365 g/mol. The molecule has 2 aromatic rings. The highest BCUT2D eigenvalue weighted by Crippen LogP contribution is 2.40. The molecule has 0 fully saturated rings. The van der Waals surface area contributed by atoms with Crippen molar-refractivity contribution in [1.82, 2.24) is 0 Å². The molecule has 0 radical (unpaired) electrons. The van der Waals surface area contributed by atoms with Crippen molar-refractivity contribution in [3.63, 3.8) is 0 Å². The van der Waals surface area contributed by atoms with Crippen molar-refractivity contribution in [2.24, 2.45) is 5.92 Å². The zero-order chi connectivity index (χ0) is 18.6. The maximum atomic E-state index is 11.8. The molecule has 26 heavy (non-hydrogen) atoms. The fourth-order valence-corrected chi connectivity index (χ4v) is 10.8. The van der Waals surface area contributed by atoms with Gasteiger partial charge in [0, 0.05) is 0 Å². The Morgan fingerprint density at radius 3 is 1.88 bits per heavy atom. The van der Waals surface area contributed by atoms with Gasteiger partial charge in [0.25, 0.3) is 0 Å². The lowest BCUT2D eigenvalue weighted by molar-refractivity contribution is 0.199. The molecule has 2 unspecified atom stereocenters. The predicted octanol–water partition coefficient (Wildman–Crippen LogP) is 4.70. The Morgan fingerprint density at radius 1 is 0.923 bits per heavy atom. The van der Waals surface area contributed by atoms with Gasteiger partial charge in [0.05, 0.1) is 5.73 Å². The first-order valence-corrected chi connectivity index (χ1v) is 12.0. The van der Waals surface area contributed by atoms with E-state index in [1.54, 1.807) is 0 Å². The van der Waals surface area contributed by atoms with E-state index in [0.29, 0.717) is 5.92 Å². The van der Waals surface area contributed by atoms with Gasteiger partial charge in [-0.2, -0.15) is 0 Å². The van der Waals surface area contributed by atoms with Crippen LogP contribution in [0.4, 0.5) is 0 Å². The Kier molecular flexibility index (Phi) is 5.84. The predicted molar refractivity (Wildman–Crippen MR) is 115 cm³/mol. The van der Waals surface area contributed by atoms with Crippen molar-refractivity contribution >= 4 is 18.4 Å². The van der Waals surface area contributed by atoms with Crippen molar-refractivity contribution < 1.29 is 5.11 Å². The average Bonchev–Trinajstić information content (AvgIpc) is 2.64. The van der Waals surface area contributed by atoms with Crippen LogP contribution < -0.4 is 10.4 Å². The summed E-state index contributed by atoms with van der Waals surface area (Å²) in [5.74, 6) is 0.594. The van der Waals surface area contributed by atoms with Crippen LogP contribution in [0.15, 0.2) is 72.8 Å². The van der Waals surface area contributed by atoms with E-state index in [2.05, 4.69) is 93.6 Å². The van der Waals surface area contributed by atoms with Gasteiger partial charge in [-0.1, -0.05) is 104 Å². The van der Waals surface area contributed by atoms with Crippen molar-refractivity contribution in [1.29, 1.82) is 0 Å². The maximum Gasteiger partial charge on any atom is 0.153 e. The molecule has 0 aromatic heterocycles. The second kappa shape index (κ2) is 7.94. The van der Waals surface area contributed by atoms with Crippen LogP contribution in [-0.4, -0.2) is 18.9 Å². The lowest BCUT2D eigenvalue weighted by Gasteiger charge is -2.48. The molecule has 0 amide bonds. The van der Waals surface area contributed by atoms with Crippen LogP contribution in [0.25, 0.3) is 0 Å². The first-order valence-electron chi connectivity index (χ1n) is 9.90. The van der Waals surface area contributed by atoms with Crippen molar-refractivity contribution in [2.45, 2.75) is 57.2 Å². The molecule has 0 spiro atoms. The van der Waals surface area contributed by atoms with Crippen LogP contribution in [0, 0.1) is 5.92 Å². The van der Waals surface area contributed by atoms with Crippen LogP contribution in [0.5, 0.6) is 0 Å². The number of rotatable bonds is 5. The molecular formula is C24H32OSi. The molecule has 0 saturated heterocycles. The Bertz CT molecular complexity index is 675. The number of allylic oxidation sites excluding steroid dienone is 2. The highest BCUT2D eigenvalue weighted by molar-refractivity contribution is 7.05. The summed E-state index contributed by atoms with van der Waals surface area (Å²) in [6, 6.07) is 21.6. The van der Waals surface area contributed by atoms with Crippen LogP contribution in [-0.2, 0) is 0 Å². The second-order valence-electron chi connectivity index (χ2n) is 8.69. The Morgan fingerprint density at radius 2 is 1.46 bits per heavy atom. The number of hydrogen-bond acceptors (Lipinski definition) is 1. The van der Waals surface area contributed by atoms with Gasteiger partial charge in [0.2, 0.25) is 0 Å². The van der Waals surface area contributed by atoms with E-state index in [0.717, 1.165) is 19.3 Å². The van der Waals surface area contributed by atoms with Gasteiger partial charge in [0.15, 0.2) is 8.07 Å². The molecule has 1 N–H and O–H groups in total. The summed E-state index contributed by atoms with van der Waals surface area (Å²) in [7, 11) is -2.41. The highest BCUT2D eigenvalue weighted by atomic mass is 28.3. The SMILES string of the molecule is CC(C)(C)[Si](c1ccccc1)(c1ccccc1)C(O)CC1CC=CCC1. The van der Waals surface area contributed by atoms with E-state index in [4.69, 9.17) is 0 Å². The number of aliphatic hydroxyl groups is 1. The minimum Gasteiger partial charge on any atom is -0.396 e. The molecule has 1 aliphatic rings. The largest absolute Gasteiger partial charge is 0.396 e. The summed E-state index contributed by atoms with van der Waals surface area (Å²) in [5, 5.41) is 14.5. The lowest BCUT2D eigenvalue weighted by atomic mass is 9.92. The van der Waals surface area contributed by atoms with Gasteiger partial charge in [-0.05, 0) is 36.6 Å². The van der Waals surface area contributed by atoms with Gasteiger partial charge in [-0.15, -0.1) is 0 Å². The molecule has 0 aliphatic heterocycles. The lowest BCUT2D eigenvalue weighted by Crippen LogP contribution is -2.71. The number of aliphatic hydroxyl groups excluding tert-OH is 1. The zero-order valence-corrected chi connectivity index (χ0v) is 17.4. The monoisotopic (exact) mass is 364 g/mol. The van der Waals surface area contributed by atoms with Crippen LogP contribution in [0.1, 0.15) is 46.5 Å². The van der Waals surface area contributed by atoms with E-state index in [1.165, 1.54) is 16.8 Å². The molecular weight excluding hydrogens is 332 g/mol. The van der Waals surface area contributed by atoms with Crippen molar-refractivity contribution in [3.8, 4) is 0 Å². The van der Waals surface area contributed by atoms with E-state index >= 15 is 0 Å². The molecule has 2 heteroatoms. The van der Waals surface area contributed by atoms with Crippen molar-refractivity contribution in [3.05, 3.63) is 72.8 Å². The third kappa shape index (κ3) is 3.58. The zero-order valence-electron chi connectivity index (χ0n) is 16.4. The molecule has 0 saturated carbocycles. The smallest absolute Gasteiger partial charge is 0.153 e. The van der Waals surface area contributed by atoms with E-state index in [1.807, 2.05) is 0 Å². The minimum absolute atomic E-state index is 0.0135. The van der Waals surface area contributed by atoms with E-state index in [9.17, 15) is 5.11 Å². The minimum atomic E-state index is -2.41. The van der Waals surface area contributed by atoms with Gasteiger partial charge >= 0.3 is 0 Å². The van der Waals surface area contributed by atoms with Gasteiger partial charge in [-0.3, -0.25) is 0 Å². The third-order valence-electron chi connectivity index (χ3n) is 6.08. The topological polar surface area (TPSA) is 20.2 Å². The Hall–Kier alpha value is -1.64. The van der Waals surface area contributed by atoms with Gasteiger partial charge < -0.3 is 5.11 Å². The van der Waals surface area contributed by atoms with Crippen LogP contribution in [0.3, 0.4) is 0 Å². The van der Waals surface area contributed by atoms with Crippen LogP contribution >= 0.6 is 0 Å². The van der Waals surface area contributed by atoms with Gasteiger partial charge in [-0.25, -0.2) is 0 Å². The molecule has 2 atom stereocenters. The van der Waals surface area contributed by atoms with Crippen LogP contribution in [0.2, 0.25) is 5.04 Å². The maximum absolute atomic E-state index is 11.8. The molecule has 0 heterocycles. The highest BCUT2D eigenvalue weighted by Gasteiger charge is 2.53. The summed E-state index contributed by atoms with van der Waals surface area (Å²) < 4.78 is 0. The van der Waals surface area contributed by atoms with E-state index in [-0.39, 0.29) is 10.8 Å². The fraction of sp³-hybridized carbons (Fsp3) is 0.417. The molecule has 3 rings (SSSR count). The second-order valence-corrected chi connectivity index (χ2v) is 13.6. The summed E-state index contributed by atoms with van der Waals surface area (Å²) in [6.07, 6.45) is 8.94. The first-order chi connectivity index (χ1) is 12.5. The number of benzene rings is 2.